The van der Waals surface area contributed by atoms with Crippen molar-refractivity contribution >= 4 is 11.7 Å². The maximum Gasteiger partial charge on any atom is 0.258 e. The molecule has 3 aromatic rings. The van der Waals surface area contributed by atoms with Crippen molar-refractivity contribution < 1.29 is 4.79 Å². The van der Waals surface area contributed by atoms with Crippen LogP contribution in [0.3, 0.4) is 0 Å². The van der Waals surface area contributed by atoms with Crippen molar-refractivity contribution in [2.45, 2.75) is 6.92 Å². The standard InChI is InChI=1S/C15H13N5O/c1-10-13(11-4-7-16-8-5-11)19-20-14(10)18-15(21)12-3-2-6-17-9-12/h2-9H,1H3,(H2,18,19,20,21). The van der Waals surface area contributed by atoms with Crippen molar-refractivity contribution in [1.82, 2.24) is 20.2 Å². The lowest BCUT2D eigenvalue weighted by Gasteiger charge is -2.03. The zero-order chi connectivity index (χ0) is 14.7. The van der Waals surface area contributed by atoms with Crippen LogP contribution in [0.15, 0.2) is 49.1 Å². The number of rotatable bonds is 3. The Hall–Kier alpha value is -3.02. The molecule has 0 fully saturated rings. The van der Waals surface area contributed by atoms with E-state index in [-0.39, 0.29) is 5.91 Å². The molecule has 0 bridgehead atoms. The number of nitrogens with one attached hydrogen (secondary N) is 2. The molecule has 0 saturated carbocycles. The van der Waals surface area contributed by atoms with Crippen LogP contribution in [-0.2, 0) is 0 Å². The Morgan fingerprint density at radius 1 is 1.14 bits per heavy atom. The largest absolute Gasteiger partial charge is 0.305 e. The van der Waals surface area contributed by atoms with E-state index in [0.29, 0.717) is 11.4 Å². The molecule has 21 heavy (non-hydrogen) atoms. The molecule has 2 N–H and O–H groups in total. The van der Waals surface area contributed by atoms with Gasteiger partial charge in [-0.1, -0.05) is 0 Å². The predicted octanol–water partition coefficient (Wildman–Crippen LogP) is 2.43. The van der Waals surface area contributed by atoms with Crippen LogP contribution in [0.4, 0.5) is 5.82 Å². The molecule has 0 radical (unpaired) electrons. The fourth-order valence-corrected chi connectivity index (χ4v) is 2.00. The molecule has 3 aromatic heterocycles. The number of aromatic nitrogens is 4. The second-order valence-electron chi connectivity index (χ2n) is 4.50. The van der Waals surface area contributed by atoms with E-state index in [2.05, 4.69) is 25.5 Å². The van der Waals surface area contributed by atoms with Gasteiger partial charge in [0.05, 0.1) is 11.3 Å². The molecule has 0 aliphatic rings. The van der Waals surface area contributed by atoms with Gasteiger partial charge in [0.25, 0.3) is 5.91 Å². The quantitative estimate of drug-likeness (QED) is 0.771. The van der Waals surface area contributed by atoms with Gasteiger partial charge < -0.3 is 5.32 Å². The van der Waals surface area contributed by atoms with Crippen LogP contribution in [0.5, 0.6) is 0 Å². The highest BCUT2D eigenvalue weighted by atomic mass is 16.1. The zero-order valence-corrected chi connectivity index (χ0v) is 11.4. The van der Waals surface area contributed by atoms with E-state index in [1.165, 1.54) is 6.20 Å². The highest BCUT2D eigenvalue weighted by molar-refractivity contribution is 6.04. The number of H-pyrrole nitrogens is 1. The molecule has 3 rings (SSSR count). The van der Waals surface area contributed by atoms with E-state index in [1.807, 2.05) is 19.1 Å². The van der Waals surface area contributed by atoms with Gasteiger partial charge in [-0.25, -0.2) is 0 Å². The number of carbonyl (C=O) groups excluding carboxylic acids is 1. The molecule has 0 aromatic carbocycles. The maximum atomic E-state index is 12.1. The average Bonchev–Trinajstić information content (AvgIpc) is 2.90. The summed E-state index contributed by atoms with van der Waals surface area (Å²) in [7, 11) is 0. The van der Waals surface area contributed by atoms with Crippen LogP contribution in [0.1, 0.15) is 15.9 Å². The van der Waals surface area contributed by atoms with Crippen LogP contribution in [0, 0.1) is 6.92 Å². The van der Waals surface area contributed by atoms with Crippen molar-refractivity contribution in [3.8, 4) is 11.3 Å². The minimum Gasteiger partial charge on any atom is -0.305 e. The van der Waals surface area contributed by atoms with Crippen molar-refractivity contribution in [2.75, 3.05) is 5.32 Å². The summed E-state index contributed by atoms with van der Waals surface area (Å²) < 4.78 is 0. The van der Waals surface area contributed by atoms with Gasteiger partial charge in [0.1, 0.15) is 0 Å². The first-order valence-electron chi connectivity index (χ1n) is 6.42. The van der Waals surface area contributed by atoms with E-state index in [0.717, 1.165) is 16.8 Å². The third-order valence-corrected chi connectivity index (χ3v) is 3.13. The highest BCUT2D eigenvalue weighted by Gasteiger charge is 2.14. The monoisotopic (exact) mass is 279 g/mol. The summed E-state index contributed by atoms with van der Waals surface area (Å²) in [5, 5.41) is 9.88. The number of amides is 1. The Balaban J connectivity index is 1.85. The van der Waals surface area contributed by atoms with Gasteiger partial charge in [-0.15, -0.1) is 0 Å². The second kappa shape index (κ2) is 5.54. The van der Waals surface area contributed by atoms with Crippen molar-refractivity contribution in [1.29, 1.82) is 0 Å². The molecule has 6 nitrogen and oxygen atoms in total. The Labute approximate surface area is 121 Å². The second-order valence-corrected chi connectivity index (χ2v) is 4.50. The molecule has 104 valence electrons. The molecular formula is C15H13N5O. The Bertz CT molecular complexity index is 752. The van der Waals surface area contributed by atoms with Gasteiger partial charge in [-0.3, -0.25) is 19.9 Å². The molecule has 0 unspecified atom stereocenters. The summed E-state index contributed by atoms with van der Waals surface area (Å²) in [6, 6.07) is 7.18. The number of pyridine rings is 2. The van der Waals surface area contributed by atoms with Crippen LogP contribution < -0.4 is 5.32 Å². The summed E-state index contributed by atoms with van der Waals surface area (Å²) >= 11 is 0. The Kier molecular flexibility index (Phi) is 3.42. The van der Waals surface area contributed by atoms with Crippen LogP contribution >= 0.6 is 0 Å². The van der Waals surface area contributed by atoms with E-state index >= 15 is 0 Å². The summed E-state index contributed by atoms with van der Waals surface area (Å²) in [6.07, 6.45) is 6.56. The lowest BCUT2D eigenvalue weighted by Crippen LogP contribution is -2.13. The lowest BCUT2D eigenvalue weighted by molar-refractivity contribution is 0.102. The minimum atomic E-state index is -0.237. The van der Waals surface area contributed by atoms with Crippen molar-refractivity contribution in [3.05, 3.63) is 60.2 Å². The third kappa shape index (κ3) is 2.64. The zero-order valence-electron chi connectivity index (χ0n) is 11.4. The number of nitrogens with zero attached hydrogens (tertiary/aromatic N) is 3. The van der Waals surface area contributed by atoms with Crippen molar-refractivity contribution in [3.63, 3.8) is 0 Å². The number of hydrogen-bond acceptors (Lipinski definition) is 4. The van der Waals surface area contributed by atoms with E-state index in [4.69, 9.17) is 0 Å². The summed E-state index contributed by atoms with van der Waals surface area (Å²) in [6.45, 7) is 1.90. The van der Waals surface area contributed by atoms with Crippen molar-refractivity contribution in [2.24, 2.45) is 0 Å². The van der Waals surface area contributed by atoms with Gasteiger partial charge in [0.15, 0.2) is 5.82 Å². The fraction of sp³-hybridized carbons (Fsp3) is 0.0667. The number of carbonyl (C=O) groups is 1. The van der Waals surface area contributed by atoms with Gasteiger partial charge in [-0.2, -0.15) is 5.10 Å². The first-order chi connectivity index (χ1) is 10.3. The van der Waals surface area contributed by atoms with Crippen LogP contribution in [0.2, 0.25) is 0 Å². The van der Waals surface area contributed by atoms with Gasteiger partial charge in [0, 0.05) is 35.9 Å². The van der Waals surface area contributed by atoms with E-state index in [1.54, 1.807) is 30.7 Å². The normalized spacial score (nSPS) is 10.3. The molecule has 0 aliphatic heterocycles. The SMILES string of the molecule is Cc1c(NC(=O)c2cccnc2)n[nH]c1-c1ccncc1. The van der Waals surface area contributed by atoms with Gasteiger partial charge >= 0.3 is 0 Å². The number of aromatic amines is 1. The molecule has 0 aliphatic carbocycles. The summed E-state index contributed by atoms with van der Waals surface area (Å²) in [4.78, 5) is 20.0. The molecule has 0 spiro atoms. The lowest BCUT2D eigenvalue weighted by atomic mass is 10.1. The van der Waals surface area contributed by atoms with Gasteiger partial charge in [0.2, 0.25) is 0 Å². The number of hydrogen-bond donors (Lipinski definition) is 2. The van der Waals surface area contributed by atoms with Crippen LogP contribution in [-0.4, -0.2) is 26.1 Å². The summed E-state index contributed by atoms with van der Waals surface area (Å²) in [5.41, 5.74) is 3.19. The van der Waals surface area contributed by atoms with Gasteiger partial charge in [-0.05, 0) is 31.2 Å². The predicted molar refractivity (Wildman–Crippen MR) is 78.7 cm³/mol. The molecule has 0 atom stereocenters. The molecule has 3 heterocycles. The summed E-state index contributed by atoms with van der Waals surface area (Å²) in [5.74, 6) is 0.273. The maximum absolute atomic E-state index is 12.1. The molecule has 0 saturated heterocycles. The molecule has 1 amide bonds. The molecular weight excluding hydrogens is 266 g/mol. The van der Waals surface area contributed by atoms with E-state index < -0.39 is 0 Å². The van der Waals surface area contributed by atoms with E-state index in [9.17, 15) is 4.79 Å². The molecule has 6 heteroatoms. The first kappa shape index (κ1) is 13.0. The third-order valence-electron chi connectivity index (χ3n) is 3.13. The van der Waals surface area contributed by atoms with Crippen LogP contribution in [0.25, 0.3) is 11.3 Å². The highest BCUT2D eigenvalue weighted by Crippen LogP contribution is 2.25. The minimum absolute atomic E-state index is 0.237. The smallest absolute Gasteiger partial charge is 0.258 e. The Morgan fingerprint density at radius 2 is 1.95 bits per heavy atom. The number of anilines is 1. The topological polar surface area (TPSA) is 83.6 Å². The first-order valence-corrected chi connectivity index (χ1v) is 6.42. The Morgan fingerprint density at radius 3 is 2.67 bits per heavy atom. The average molecular weight is 279 g/mol. The fourth-order valence-electron chi connectivity index (χ4n) is 2.00.